The first-order chi connectivity index (χ1) is 15.6. The molecule has 3 nitrogen and oxygen atoms in total. The molecule has 8 atom stereocenters. The van der Waals surface area contributed by atoms with Crippen LogP contribution in [0.2, 0.25) is 0 Å². The zero-order valence-electron chi connectivity index (χ0n) is 20.6. The van der Waals surface area contributed by atoms with Crippen LogP contribution >= 0.6 is 0 Å². The highest BCUT2D eigenvalue weighted by Crippen LogP contribution is 2.59. The van der Waals surface area contributed by atoms with Gasteiger partial charge in [-0.25, -0.2) is 8.78 Å². The van der Waals surface area contributed by atoms with Gasteiger partial charge in [-0.3, -0.25) is 0 Å². The highest BCUT2D eigenvalue weighted by molar-refractivity contribution is 5.39. The lowest BCUT2D eigenvalue weighted by Gasteiger charge is -2.45. The second-order valence-corrected chi connectivity index (χ2v) is 11.8. The predicted octanol–water partition coefficient (Wildman–Crippen LogP) is 5.60. The van der Waals surface area contributed by atoms with Gasteiger partial charge in [0.25, 0.3) is 0 Å². The predicted molar refractivity (Wildman–Crippen MR) is 129 cm³/mol. The number of likely N-dealkylation sites (tertiary alicyclic amines) is 1. The van der Waals surface area contributed by atoms with Crippen molar-refractivity contribution in [1.82, 2.24) is 4.90 Å². The Bertz CT molecular complexity index is 793. The van der Waals surface area contributed by atoms with Crippen molar-refractivity contribution in [2.75, 3.05) is 19.6 Å². The molecule has 4 rings (SSSR count). The topological polar surface area (TPSA) is 43.7 Å². The number of hydrogen-bond donors (Lipinski definition) is 2. The molecule has 0 radical (unpaired) electrons. The van der Waals surface area contributed by atoms with E-state index in [9.17, 15) is 19.0 Å². The van der Waals surface area contributed by atoms with Gasteiger partial charge < -0.3 is 15.1 Å². The number of alkyl halides is 2. The van der Waals surface area contributed by atoms with E-state index < -0.39 is 24.6 Å². The second kappa shape index (κ2) is 9.91. The molecule has 33 heavy (non-hydrogen) atoms. The minimum absolute atomic E-state index is 0.177. The summed E-state index contributed by atoms with van der Waals surface area (Å²) in [7, 11) is 0. The lowest BCUT2D eigenvalue weighted by molar-refractivity contribution is 0.0283. The lowest BCUT2D eigenvalue weighted by Crippen LogP contribution is -2.39. The number of hydrogen-bond acceptors (Lipinski definition) is 3. The molecule has 0 bridgehead atoms. The Kier molecular flexibility index (Phi) is 7.53. The number of halogens is 2. The Morgan fingerprint density at radius 3 is 2.67 bits per heavy atom. The van der Waals surface area contributed by atoms with Crippen LogP contribution < -0.4 is 0 Å². The molecule has 1 aliphatic heterocycles. The Balaban J connectivity index is 1.45. The van der Waals surface area contributed by atoms with E-state index in [1.165, 1.54) is 31.3 Å². The Morgan fingerprint density at radius 2 is 1.97 bits per heavy atom. The van der Waals surface area contributed by atoms with Crippen molar-refractivity contribution >= 4 is 0 Å². The molecule has 4 fully saturated rings. The van der Waals surface area contributed by atoms with Crippen molar-refractivity contribution < 1.29 is 19.0 Å². The van der Waals surface area contributed by atoms with Gasteiger partial charge in [0.1, 0.15) is 0 Å². The summed E-state index contributed by atoms with van der Waals surface area (Å²) >= 11 is 0. The third-order valence-corrected chi connectivity index (χ3v) is 9.74. The summed E-state index contributed by atoms with van der Waals surface area (Å²) < 4.78 is 26.2. The van der Waals surface area contributed by atoms with Crippen LogP contribution in [-0.4, -0.2) is 53.4 Å². The van der Waals surface area contributed by atoms with Gasteiger partial charge in [0.2, 0.25) is 6.43 Å². The molecule has 3 aliphatic carbocycles. The average molecular weight is 464 g/mol. The lowest BCUT2D eigenvalue weighted by atomic mass is 9.61. The van der Waals surface area contributed by atoms with Gasteiger partial charge in [0.15, 0.2) is 0 Å². The average Bonchev–Trinajstić information content (AvgIpc) is 3.38. The standard InChI is InChI=1S/C28H43F2NO2/c1-17(15-31-13-11-22(16-31)27(29)30)23-9-10-24-20(6-5-12-28(23,24)4)7-8-21-14-25(32)19(3)26(33)18(21)2/h7-8,17,19,22-27,32-33H,2,5-6,9-16H2,1,3-4H3/b20-7+,21-8-/t17-,19?,22+,23-,24+,25?,26?,28-/m1/s1. The highest BCUT2D eigenvalue weighted by atomic mass is 19.3. The molecule has 5 heteroatoms. The van der Waals surface area contributed by atoms with Gasteiger partial charge in [-0.2, -0.15) is 0 Å². The zero-order chi connectivity index (χ0) is 23.9. The smallest absolute Gasteiger partial charge is 0.242 e. The molecule has 1 saturated heterocycles. The van der Waals surface area contributed by atoms with Crippen molar-refractivity contribution in [3.05, 3.63) is 35.5 Å². The fourth-order valence-corrected chi connectivity index (χ4v) is 7.63. The van der Waals surface area contributed by atoms with Crippen LogP contribution in [0.1, 0.15) is 65.7 Å². The van der Waals surface area contributed by atoms with Crippen LogP contribution in [0.5, 0.6) is 0 Å². The van der Waals surface area contributed by atoms with E-state index in [1.54, 1.807) is 0 Å². The molecule has 4 aliphatic rings. The highest BCUT2D eigenvalue weighted by Gasteiger charge is 2.51. The fraction of sp³-hybridized carbons (Fsp3) is 0.786. The molecule has 3 saturated carbocycles. The van der Waals surface area contributed by atoms with E-state index in [0.29, 0.717) is 37.1 Å². The van der Waals surface area contributed by atoms with Gasteiger partial charge in [-0.05, 0) is 85.8 Å². The maximum atomic E-state index is 13.1. The van der Waals surface area contributed by atoms with Crippen molar-refractivity contribution in [3.63, 3.8) is 0 Å². The molecular formula is C28H43F2NO2. The summed E-state index contributed by atoms with van der Waals surface area (Å²) in [6.07, 6.45) is 8.10. The third kappa shape index (κ3) is 4.88. The van der Waals surface area contributed by atoms with Crippen LogP contribution in [0, 0.1) is 35.0 Å². The van der Waals surface area contributed by atoms with Gasteiger partial charge in [-0.15, -0.1) is 0 Å². The first-order valence-electron chi connectivity index (χ1n) is 13.1. The normalized spacial score (nSPS) is 43.6. The van der Waals surface area contributed by atoms with Crippen molar-refractivity contribution in [3.8, 4) is 0 Å². The Hall–Kier alpha value is -1.04. The number of aliphatic hydroxyl groups excluding tert-OH is 2. The largest absolute Gasteiger partial charge is 0.392 e. The van der Waals surface area contributed by atoms with E-state index >= 15 is 0 Å². The van der Waals surface area contributed by atoms with Crippen molar-refractivity contribution in [1.29, 1.82) is 0 Å². The van der Waals surface area contributed by atoms with E-state index in [2.05, 4.69) is 37.5 Å². The van der Waals surface area contributed by atoms with Crippen LogP contribution in [-0.2, 0) is 0 Å². The fourth-order valence-electron chi connectivity index (χ4n) is 7.63. The van der Waals surface area contributed by atoms with E-state index in [4.69, 9.17) is 0 Å². The first kappa shape index (κ1) is 25.1. The molecule has 3 unspecified atom stereocenters. The Labute approximate surface area is 198 Å². The van der Waals surface area contributed by atoms with Crippen LogP contribution in [0.3, 0.4) is 0 Å². The molecule has 186 valence electrons. The molecule has 0 spiro atoms. The van der Waals surface area contributed by atoms with Gasteiger partial charge >= 0.3 is 0 Å². The zero-order valence-corrected chi connectivity index (χ0v) is 20.6. The third-order valence-electron chi connectivity index (χ3n) is 9.74. The molecule has 1 heterocycles. The SMILES string of the molecule is C=C1/C(=C\C=C2/CCC[C@]3(C)[C@@H]([C@H](C)CN4CC[C@H](C(F)F)C4)CC[C@@H]23)CC(O)C(C)C1O. The van der Waals surface area contributed by atoms with Crippen molar-refractivity contribution in [2.45, 2.75) is 84.4 Å². The molecular weight excluding hydrogens is 420 g/mol. The first-order valence-corrected chi connectivity index (χ1v) is 13.1. The number of aliphatic hydroxyl groups is 2. The summed E-state index contributed by atoms with van der Waals surface area (Å²) in [6, 6.07) is 0. The molecule has 0 aromatic rings. The summed E-state index contributed by atoms with van der Waals surface area (Å²) in [4.78, 5) is 2.27. The second-order valence-electron chi connectivity index (χ2n) is 11.8. The number of rotatable bonds is 5. The van der Waals surface area contributed by atoms with Gasteiger partial charge in [0.05, 0.1) is 12.2 Å². The van der Waals surface area contributed by atoms with E-state index in [1.807, 2.05) is 6.92 Å². The van der Waals surface area contributed by atoms with Crippen LogP contribution in [0.4, 0.5) is 8.78 Å². The summed E-state index contributed by atoms with van der Waals surface area (Å²) in [5, 5.41) is 20.7. The van der Waals surface area contributed by atoms with Crippen molar-refractivity contribution in [2.24, 2.45) is 35.0 Å². The van der Waals surface area contributed by atoms with E-state index in [-0.39, 0.29) is 11.3 Å². The van der Waals surface area contributed by atoms with Crippen LogP contribution in [0.25, 0.3) is 0 Å². The maximum absolute atomic E-state index is 13.1. The summed E-state index contributed by atoms with van der Waals surface area (Å²) in [6.45, 7) is 13.1. The Morgan fingerprint density at radius 1 is 1.21 bits per heavy atom. The number of fused-ring (bicyclic) bond motifs is 1. The van der Waals surface area contributed by atoms with Gasteiger partial charge in [-0.1, -0.05) is 45.1 Å². The molecule has 0 aromatic carbocycles. The quantitative estimate of drug-likeness (QED) is 0.558. The summed E-state index contributed by atoms with van der Waals surface area (Å²) in [5.41, 5.74) is 3.48. The summed E-state index contributed by atoms with van der Waals surface area (Å²) in [5.74, 6) is 1.08. The van der Waals surface area contributed by atoms with E-state index in [0.717, 1.165) is 30.7 Å². The molecule has 0 amide bonds. The number of nitrogens with zero attached hydrogens (tertiary/aromatic N) is 1. The van der Waals surface area contributed by atoms with Gasteiger partial charge in [0, 0.05) is 24.9 Å². The minimum Gasteiger partial charge on any atom is -0.392 e. The monoisotopic (exact) mass is 463 g/mol. The van der Waals surface area contributed by atoms with Crippen LogP contribution in [0.15, 0.2) is 35.5 Å². The maximum Gasteiger partial charge on any atom is 0.242 e. The molecule has 2 N–H and O–H groups in total. The number of allylic oxidation sites excluding steroid dienone is 3. The minimum atomic E-state index is -2.19. The molecule has 0 aromatic heterocycles.